The number of benzene rings is 1. The molecule has 0 aromatic heterocycles. The van der Waals surface area contributed by atoms with Crippen LogP contribution in [0.5, 0.6) is 11.5 Å². The zero-order chi connectivity index (χ0) is 17.4. The molecular weight excluding hydrogens is 314 g/mol. The van der Waals surface area contributed by atoms with E-state index in [-0.39, 0.29) is 12.7 Å². The summed E-state index contributed by atoms with van der Waals surface area (Å²) in [6.07, 6.45) is 1.74. The van der Waals surface area contributed by atoms with Gasteiger partial charge in [-0.3, -0.25) is 0 Å². The zero-order valence-corrected chi connectivity index (χ0v) is 14.1. The van der Waals surface area contributed by atoms with Gasteiger partial charge in [0.1, 0.15) is 12.7 Å². The Hall–Kier alpha value is -1.83. The molecule has 0 spiro atoms. The van der Waals surface area contributed by atoms with E-state index in [2.05, 4.69) is 10.1 Å². The fraction of sp³-hybridized carbons (Fsp3) is 0.588. The van der Waals surface area contributed by atoms with Gasteiger partial charge in [-0.25, -0.2) is 4.79 Å². The number of ether oxygens (including phenoxy) is 4. The van der Waals surface area contributed by atoms with Crippen LogP contribution in [-0.4, -0.2) is 63.8 Å². The maximum Gasteiger partial charge on any atom is 0.337 e. The molecule has 1 aromatic carbocycles. The van der Waals surface area contributed by atoms with Gasteiger partial charge in [-0.15, -0.1) is 0 Å². The van der Waals surface area contributed by atoms with Crippen molar-refractivity contribution in [3.63, 3.8) is 0 Å². The molecule has 0 bridgehead atoms. The molecule has 0 saturated carbocycles. The quantitative estimate of drug-likeness (QED) is 0.649. The van der Waals surface area contributed by atoms with Crippen molar-refractivity contribution in [1.82, 2.24) is 5.32 Å². The summed E-state index contributed by atoms with van der Waals surface area (Å²) in [4.78, 5) is 11.5. The van der Waals surface area contributed by atoms with E-state index in [1.54, 1.807) is 18.2 Å². The molecule has 0 aliphatic carbocycles. The molecule has 2 rings (SSSR count). The van der Waals surface area contributed by atoms with E-state index in [0.717, 1.165) is 26.0 Å². The fourth-order valence-electron chi connectivity index (χ4n) is 2.49. The minimum Gasteiger partial charge on any atom is -0.493 e. The maximum atomic E-state index is 11.5. The maximum absolute atomic E-state index is 11.5. The van der Waals surface area contributed by atoms with Crippen molar-refractivity contribution in [2.75, 3.05) is 40.5 Å². The second-order valence-electron chi connectivity index (χ2n) is 5.62. The number of carbonyl (C=O) groups is 1. The average Bonchev–Trinajstić information content (AvgIpc) is 3.12. The van der Waals surface area contributed by atoms with Crippen LogP contribution in [0.4, 0.5) is 0 Å². The molecule has 1 aliphatic heterocycles. The first-order valence-electron chi connectivity index (χ1n) is 8.03. The van der Waals surface area contributed by atoms with Crippen LogP contribution >= 0.6 is 0 Å². The van der Waals surface area contributed by atoms with Crippen molar-refractivity contribution in [3.05, 3.63) is 23.8 Å². The van der Waals surface area contributed by atoms with Gasteiger partial charge in [0.05, 0.1) is 25.9 Å². The van der Waals surface area contributed by atoms with Gasteiger partial charge in [0.15, 0.2) is 11.5 Å². The van der Waals surface area contributed by atoms with Crippen molar-refractivity contribution in [2.45, 2.75) is 25.0 Å². The van der Waals surface area contributed by atoms with E-state index in [0.29, 0.717) is 23.6 Å². The van der Waals surface area contributed by atoms with E-state index in [9.17, 15) is 9.90 Å². The molecule has 1 fully saturated rings. The van der Waals surface area contributed by atoms with Gasteiger partial charge in [0.2, 0.25) is 0 Å². The summed E-state index contributed by atoms with van der Waals surface area (Å²) in [5.74, 6) is 0.430. The lowest BCUT2D eigenvalue weighted by atomic mass is 10.2. The van der Waals surface area contributed by atoms with Crippen molar-refractivity contribution >= 4 is 5.97 Å². The number of nitrogens with one attached hydrogen (secondary N) is 1. The van der Waals surface area contributed by atoms with Gasteiger partial charge < -0.3 is 29.4 Å². The molecule has 7 nitrogen and oxygen atoms in total. The Morgan fingerprint density at radius 3 is 2.92 bits per heavy atom. The number of aliphatic hydroxyl groups excluding tert-OH is 1. The highest BCUT2D eigenvalue weighted by molar-refractivity contribution is 5.90. The van der Waals surface area contributed by atoms with Gasteiger partial charge in [0, 0.05) is 19.7 Å². The van der Waals surface area contributed by atoms with Crippen LogP contribution in [0.2, 0.25) is 0 Å². The molecule has 1 aromatic rings. The molecule has 2 N–H and O–H groups in total. The topological polar surface area (TPSA) is 86.3 Å². The SMILES string of the molecule is COC(=O)c1ccc(OC[C@@H](O)CNC[C@H]2CCCO2)c(OC)c1. The zero-order valence-electron chi connectivity index (χ0n) is 14.1. The van der Waals surface area contributed by atoms with Crippen LogP contribution in [0.15, 0.2) is 18.2 Å². The van der Waals surface area contributed by atoms with Gasteiger partial charge >= 0.3 is 5.97 Å². The highest BCUT2D eigenvalue weighted by atomic mass is 16.5. The number of aliphatic hydroxyl groups is 1. The molecule has 134 valence electrons. The van der Waals surface area contributed by atoms with Crippen molar-refractivity contribution in [3.8, 4) is 11.5 Å². The first-order valence-corrected chi connectivity index (χ1v) is 8.03. The Labute approximate surface area is 141 Å². The lowest BCUT2D eigenvalue weighted by Crippen LogP contribution is -2.35. The lowest BCUT2D eigenvalue weighted by Gasteiger charge is -2.16. The summed E-state index contributed by atoms with van der Waals surface area (Å²) in [5.41, 5.74) is 0.375. The number of hydrogen-bond donors (Lipinski definition) is 2. The number of esters is 1. The monoisotopic (exact) mass is 339 g/mol. The Kier molecular flexibility index (Phi) is 7.30. The number of carbonyl (C=O) groups excluding carboxylic acids is 1. The van der Waals surface area contributed by atoms with Gasteiger partial charge in [-0.2, -0.15) is 0 Å². The first-order chi connectivity index (χ1) is 11.6. The van der Waals surface area contributed by atoms with Crippen LogP contribution < -0.4 is 14.8 Å². The van der Waals surface area contributed by atoms with Gasteiger partial charge in [-0.05, 0) is 31.0 Å². The fourth-order valence-corrected chi connectivity index (χ4v) is 2.49. The average molecular weight is 339 g/mol. The Balaban J connectivity index is 1.78. The van der Waals surface area contributed by atoms with E-state index in [1.165, 1.54) is 14.2 Å². The molecule has 1 heterocycles. The second-order valence-corrected chi connectivity index (χ2v) is 5.62. The van der Waals surface area contributed by atoms with Crippen LogP contribution in [-0.2, 0) is 9.47 Å². The number of hydrogen-bond acceptors (Lipinski definition) is 7. The lowest BCUT2D eigenvalue weighted by molar-refractivity contribution is 0.0599. The molecule has 24 heavy (non-hydrogen) atoms. The normalized spacial score (nSPS) is 18.2. The van der Waals surface area contributed by atoms with E-state index in [1.807, 2.05) is 0 Å². The van der Waals surface area contributed by atoms with Crippen LogP contribution in [0.25, 0.3) is 0 Å². The summed E-state index contributed by atoms with van der Waals surface area (Å²) in [7, 11) is 2.81. The highest BCUT2D eigenvalue weighted by Crippen LogP contribution is 2.28. The van der Waals surface area contributed by atoms with Crippen molar-refractivity contribution < 1.29 is 28.8 Å². The summed E-state index contributed by atoms with van der Waals surface area (Å²) >= 11 is 0. The third-order valence-corrected chi connectivity index (χ3v) is 3.79. The summed E-state index contributed by atoms with van der Waals surface area (Å²) in [6.45, 7) is 2.09. The Bertz CT molecular complexity index is 530. The standard InChI is InChI=1S/C17H25NO6/c1-21-16-8-12(17(20)22-2)5-6-15(16)24-11-13(19)9-18-10-14-4-3-7-23-14/h5-6,8,13-14,18-19H,3-4,7,9-11H2,1-2H3/t13-,14+/m0/s1. The number of rotatable bonds is 9. The summed E-state index contributed by atoms with van der Waals surface area (Å²) in [5, 5.41) is 13.2. The smallest absolute Gasteiger partial charge is 0.337 e. The molecule has 7 heteroatoms. The molecule has 1 aliphatic rings. The van der Waals surface area contributed by atoms with E-state index >= 15 is 0 Å². The van der Waals surface area contributed by atoms with Gasteiger partial charge in [-0.1, -0.05) is 0 Å². The molecule has 2 atom stereocenters. The molecule has 0 amide bonds. The van der Waals surface area contributed by atoms with E-state index < -0.39 is 12.1 Å². The van der Waals surface area contributed by atoms with Gasteiger partial charge in [0.25, 0.3) is 0 Å². The third-order valence-electron chi connectivity index (χ3n) is 3.79. The minimum absolute atomic E-state index is 0.118. The third kappa shape index (κ3) is 5.36. The summed E-state index contributed by atoms with van der Waals surface area (Å²) in [6, 6.07) is 4.76. The number of methoxy groups -OCH3 is 2. The molecular formula is C17H25NO6. The van der Waals surface area contributed by atoms with Crippen molar-refractivity contribution in [2.24, 2.45) is 0 Å². The molecule has 1 saturated heterocycles. The first kappa shape index (κ1) is 18.5. The van der Waals surface area contributed by atoms with Crippen LogP contribution in [0.3, 0.4) is 0 Å². The van der Waals surface area contributed by atoms with Crippen LogP contribution in [0.1, 0.15) is 23.2 Å². The Morgan fingerprint density at radius 1 is 1.42 bits per heavy atom. The Morgan fingerprint density at radius 2 is 2.25 bits per heavy atom. The summed E-state index contributed by atoms with van der Waals surface area (Å²) < 4.78 is 21.0. The highest BCUT2D eigenvalue weighted by Gasteiger charge is 2.16. The molecule has 0 unspecified atom stereocenters. The largest absolute Gasteiger partial charge is 0.493 e. The minimum atomic E-state index is -0.656. The van der Waals surface area contributed by atoms with Crippen molar-refractivity contribution in [1.29, 1.82) is 0 Å². The van der Waals surface area contributed by atoms with E-state index in [4.69, 9.17) is 14.2 Å². The predicted octanol–water partition coefficient (Wildman–Crippen LogP) is 0.990. The van der Waals surface area contributed by atoms with Crippen LogP contribution in [0, 0.1) is 0 Å². The molecule has 0 radical (unpaired) electrons. The second kappa shape index (κ2) is 9.46. The predicted molar refractivity (Wildman–Crippen MR) is 87.7 cm³/mol.